The van der Waals surface area contributed by atoms with E-state index in [4.69, 9.17) is 4.74 Å². The Morgan fingerprint density at radius 2 is 1.83 bits per heavy atom. The van der Waals surface area contributed by atoms with Gasteiger partial charge in [-0.15, -0.1) is 0 Å². The summed E-state index contributed by atoms with van der Waals surface area (Å²) in [5.74, 6) is 0.762. The quantitative estimate of drug-likeness (QED) is 0.894. The van der Waals surface area contributed by atoms with Crippen LogP contribution in [0.4, 0.5) is 4.79 Å². The van der Waals surface area contributed by atoms with E-state index in [9.17, 15) is 9.59 Å². The second kappa shape index (κ2) is 6.96. The molecule has 2 aliphatic carbocycles. The minimum atomic E-state index is -0.516. The van der Waals surface area contributed by atoms with E-state index in [1.165, 1.54) is 37.7 Å². The Labute approximate surface area is 144 Å². The Hall–Kier alpha value is -1.84. The van der Waals surface area contributed by atoms with E-state index < -0.39 is 12.1 Å². The summed E-state index contributed by atoms with van der Waals surface area (Å²) in [7, 11) is 0. The minimum absolute atomic E-state index is 0.0776. The van der Waals surface area contributed by atoms with Crippen molar-refractivity contribution in [1.82, 2.24) is 5.32 Å². The summed E-state index contributed by atoms with van der Waals surface area (Å²) in [6.07, 6.45) is 6.57. The van der Waals surface area contributed by atoms with E-state index in [0.717, 1.165) is 5.56 Å². The molecule has 1 N–H and O–H groups in total. The molecule has 1 amide bonds. The van der Waals surface area contributed by atoms with E-state index in [2.05, 4.69) is 17.4 Å². The summed E-state index contributed by atoms with van der Waals surface area (Å²) < 4.78 is 5.26. The third-order valence-electron chi connectivity index (χ3n) is 5.42. The van der Waals surface area contributed by atoms with Crippen molar-refractivity contribution >= 4 is 11.9 Å². The molecule has 0 aromatic heterocycles. The molecule has 0 bridgehead atoms. The van der Waals surface area contributed by atoms with Gasteiger partial charge in [0.05, 0.1) is 6.04 Å². The van der Waals surface area contributed by atoms with Gasteiger partial charge in [0.25, 0.3) is 0 Å². The summed E-state index contributed by atoms with van der Waals surface area (Å²) in [6, 6.07) is 7.97. The first-order valence-electron chi connectivity index (χ1n) is 9.00. The molecule has 1 aromatic carbocycles. The van der Waals surface area contributed by atoms with Gasteiger partial charge in [-0.2, -0.15) is 0 Å². The standard InChI is InChI=1S/C20H27NO3/c1-20(2)12-17(22)18(20)21-19(23)24-13-14-8-10-16(11-9-14)15-6-4-3-5-7-15/h8-11,15,18H,3-7,12-13H2,1-2H3,(H,21,23)/t18-/m0/s1. The molecule has 4 nitrogen and oxygen atoms in total. The molecule has 0 unspecified atom stereocenters. The zero-order valence-electron chi connectivity index (χ0n) is 14.6. The van der Waals surface area contributed by atoms with Crippen molar-refractivity contribution < 1.29 is 14.3 Å². The van der Waals surface area contributed by atoms with Crippen LogP contribution in [-0.4, -0.2) is 17.9 Å². The van der Waals surface area contributed by atoms with Crippen molar-refractivity contribution in [2.24, 2.45) is 5.41 Å². The highest BCUT2D eigenvalue weighted by molar-refractivity contribution is 5.94. The summed E-state index contributed by atoms with van der Waals surface area (Å²) >= 11 is 0. The van der Waals surface area contributed by atoms with Gasteiger partial charge in [0.1, 0.15) is 6.61 Å². The van der Waals surface area contributed by atoms with Gasteiger partial charge >= 0.3 is 6.09 Å². The molecule has 4 heteroatoms. The Kier molecular flexibility index (Phi) is 4.93. The average molecular weight is 329 g/mol. The zero-order valence-corrected chi connectivity index (χ0v) is 14.6. The van der Waals surface area contributed by atoms with Crippen molar-refractivity contribution in [1.29, 1.82) is 0 Å². The Balaban J connectivity index is 1.48. The lowest BCUT2D eigenvalue weighted by Gasteiger charge is -2.42. The molecule has 0 radical (unpaired) electrons. The Morgan fingerprint density at radius 3 is 2.42 bits per heavy atom. The number of nitrogens with one attached hydrogen (secondary N) is 1. The average Bonchev–Trinajstić information content (AvgIpc) is 2.59. The summed E-state index contributed by atoms with van der Waals surface area (Å²) in [6.45, 7) is 4.19. The molecular formula is C20H27NO3. The molecule has 1 atom stereocenters. The maximum Gasteiger partial charge on any atom is 0.408 e. The predicted octanol–water partition coefficient (Wildman–Crippen LogP) is 4.33. The first kappa shape index (κ1) is 17.0. The van der Waals surface area contributed by atoms with Gasteiger partial charge in [-0.1, -0.05) is 57.4 Å². The van der Waals surface area contributed by atoms with Gasteiger partial charge in [0.2, 0.25) is 0 Å². The number of ketones is 1. The predicted molar refractivity (Wildman–Crippen MR) is 92.8 cm³/mol. The van der Waals surface area contributed by atoms with Crippen LogP contribution < -0.4 is 5.32 Å². The van der Waals surface area contributed by atoms with Crippen LogP contribution in [0.2, 0.25) is 0 Å². The Bertz CT molecular complexity index is 600. The lowest BCUT2D eigenvalue weighted by molar-refractivity contribution is -0.135. The Morgan fingerprint density at radius 1 is 1.17 bits per heavy atom. The number of Topliss-reactive ketones (excluding diaryl/α,β-unsaturated/α-hetero) is 1. The molecule has 1 aromatic rings. The molecule has 2 saturated carbocycles. The molecule has 0 saturated heterocycles. The van der Waals surface area contributed by atoms with Crippen LogP contribution in [0, 0.1) is 5.41 Å². The highest BCUT2D eigenvalue weighted by Gasteiger charge is 2.47. The zero-order chi connectivity index (χ0) is 17.2. The van der Waals surface area contributed by atoms with E-state index in [1.807, 2.05) is 26.0 Å². The maximum atomic E-state index is 11.9. The van der Waals surface area contributed by atoms with Gasteiger partial charge in [0.15, 0.2) is 5.78 Å². The second-order valence-electron chi connectivity index (χ2n) is 7.86. The topological polar surface area (TPSA) is 55.4 Å². The van der Waals surface area contributed by atoms with Crippen LogP contribution in [0.3, 0.4) is 0 Å². The van der Waals surface area contributed by atoms with Gasteiger partial charge in [-0.3, -0.25) is 4.79 Å². The molecule has 2 fully saturated rings. The highest BCUT2D eigenvalue weighted by atomic mass is 16.5. The minimum Gasteiger partial charge on any atom is -0.445 e. The van der Waals surface area contributed by atoms with Crippen molar-refractivity contribution in [2.45, 2.75) is 70.9 Å². The van der Waals surface area contributed by atoms with Crippen LogP contribution in [0.5, 0.6) is 0 Å². The fourth-order valence-electron chi connectivity index (χ4n) is 3.86. The largest absolute Gasteiger partial charge is 0.445 e. The lowest BCUT2D eigenvalue weighted by Crippen LogP contribution is -2.59. The number of hydrogen-bond acceptors (Lipinski definition) is 3. The smallest absolute Gasteiger partial charge is 0.408 e. The van der Waals surface area contributed by atoms with Crippen molar-refractivity contribution in [3.63, 3.8) is 0 Å². The van der Waals surface area contributed by atoms with Gasteiger partial charge in [0, 0.05) is 6.42 Å². The van der Waals surface area contributed by atoms with Crippen LogP contribution in [0.1, 0.15) is 69.4 Å². The molecule has 130 valence electrons. The SMILES string of the molecule is CC1(C)CC(=O)[C@@H]1NC(=O)OCc1ccc(C2CCCCC2)cc1. The third-order valence-corrected chi connectivity index (χ3v) is 5.42. The van der Waals surface area contributed by atoms with Crippen LogP contribution in [0.25, 0.3) is 0 Å². The number of benzene rings is 1. The molecule has 2 aliphatic rings. The molecule has 3 rings (SSSR count). The van der Waals surface area contributed by atoms with Crippen molar-refractivity contribution in [3.8, 4) is 0 Å². The van der Waals surface area contributed by atoms with Crippen LogP contribution >= 0.6 is 0 Å². The maximum absolute atomic E-state index is 11.9. The van der Waals surface area contributed by atoms with E-state index in [-0.39, 0.29) is 17.8 Å². The second-order valence-corrected chi connectivity index (χ2v) is 7.86. The third kappa shape index (κ3) is 3.80. The number of hydrogen-bond donors (Lipinski definition) is 1. The molecule has 0 aliphatic heterocycles. The van der Waals surface area contributed by atoms with Gasteiger partial charge < -0.3 is 10.1 Å². The van der Waals surface area contributed by atoms with Crippen molar-refractivity contribution in [3.05, 3.63) is 35.4 Å². The van der Waals surface area contributed by atoms with E-state index >= 15 is 0 Å². The molecular weight excluding hydrogens is 302 g/mol. The number of alkyl carbamates (subject to hydrolysis) is 1. The number of carbonyl (C=O) groups is 2. The van der Waals surface area contributed by atoms with Gasteiger partial charge in [-0.05, 0) is 35.3 Å². The summed E-state index contributed by atoms with van der Waals surface area (Å²) in [5.41, 5.74) is 2.20. The van der Waals surface area contributed by atoms with E-state index in [0.29, 0.717) is 12.3 Å². The lowest BCUT2D eigenvalue weighted by atomic mass is 9.66. The first-order valence-corrected chi connectivity index (χ1v) is 9.00. The van der Waals surface area contributed by atoms with Crippen molar-refractivity contribution in [2.75, 3.05) is 0 Å². The molecule has 0 spiro atoms. The number of amides is 1. The normalized spacial score (nSPS) is 23.4. The summed E-state index contributed by atoms with van der Waals surface area (Å²) in [5, 5.41) is 2.68. The fourth-order valence-corrected chi connectivity index (χ4v) is 3.86. The van der Waals surface area contributed by atoms with Crippen LogP contribution in [0.15, 0.2) is 24.3 Å². The number of carbonyl (C=O) groups excluding carboxylic acids is 2. The molecule has 24 heavy (non-hydrogen) atoms. The number of ether oxygens (including phenoxy) is 1. The van der Waals surface area contributed by atoms with E-state index in [1.54, 1.807) is 0 Å². The highest BCUT2D eigenvalue weighted by Crippen LogP contribution is 2.37. The van der Waals surface area contributed by atoms with Gasteiger partial charge in [-0.25, -0.2) is 4.79 Å². The molecule has 0 heterocycles. The monoisotopic (exact) mass is 329 g/mol. The summed E-state index contributed by atoms with van der Waals surface area (Å²) in [4.78, 5) is 23.5. The number of rotatable bonds is 4. The van der Waals surface area contributed by atoms with Crippen LogP contribution in [-0.2, 0) is 16.1 Å². The first-order chi connectivity index (χ1) is 11.5. The fraction of sp³-hybridized carbons (Fsp3) is 0.600.